The largest absolute Gasteiger partial charge is 0.354 e. The Hall–Kier alpha value is -5.54. The number of pyridine rings is 2. The van der Waals surface area contributed by atoms with Crippen LogP contribution in [0.1, 0.15) is 11.3 Å². The fourth-order valence-corrected chi connectivity index (χ4v) is 5.86. The van der Waals surface area contributed by atoms with Crippen LogP contribution in [0.2, 0.25) is 0 Å². The zero-order chi connectivity index (χ0) is 27.2. The average Bonchev–Trinajstić information content (AvgIpc) is 3.37. The molecule has 8 aromatic rings. The third-order valence-corrected chi connectivity index (χ3v) is 7.88. The first-order valence-corrected chi connectivity index (χ1v) is 13.8. The van der Waals surface area contributed by atoms with Gasteiger partial charge in [0.1, 0.15) is 0 Å². The fourth-order valence-electron chi connectivity index (χ4n) is 5.86. The lowest BCUT2D eigenvalue weighted by Gasteiger charge is -2.09. The van der Waals surface area contributed by atoms with E-state index in [0.29, 0.717) is 0 Å². The minimum absolute atomic E-state index is 0.955. The molecule has 5 aromatic carbocycles. The summed E-state index contributed by atoms with van der Waals surface area (Å²) >= 11 is 0. The second-order valence-electron chi connectivity index (χ2n) is 10.4. The summed E-state index contributed by atoms with van der Waals surface area (Å²) in [6.07, 6.45) is 8.27. The van der Waals surface area contributed by atoms with E-state index < -0.39 is 0 Å². The third kappa shape index (κ3) is 4.16. The second-order valence-corrected chi connectivity index (χ2v) is 10.4. The van der Waals surface area contributed by atoms with E-state index in [1.165, 1.54) is 32.3 Å². The van der Waals surface area contributed by atoms with Gasteiger partial charge < -0.3 is 4.98 Å². The maximum absolute atomic E-state index is 4.82. The fraction of sp³-hybridized carbons (Fsp3) is 0. The summed E-state index contributed by atoms with van der Waals surface area (Å²) in [6, 6.07) is 42.6. The molecule has 0 spiro atoms. The highest BCUT2D eigenvalue weighted by atomic mass is 14.7. The predicted octanol–water partition coefficient (Wildman–Crippen LogP) is 7.74. The Balaban J connectivity index is 1.36. The minimum atomic E-state index is 0.955. The van der Waals surface area contributed by atoms with E-state index in [2.05, 4.69) is 138 Å². The van der Waals surface area contributed by atoms with Gasteiger partial charge in [-0.15, -0.1) is 0 Å². The van der Waals surface area contributed by atoms with Crippen LogP contribution in [0.5, 0.6) is 0 Å². The molecular weight excluding hydrogens is 498 g/mol. The van der Waals surface area contributed by atoms with Gasteiger partial charge in [-0.2, -0.15) is 0 Å². The summed E-state index contributed by atoms with van der Waals surface area (Å²) in [4.78, 5) is 13.3. The first-order valence-electron chi connectivity index (χ1n) is 13.8. The molecular formula is C38H25N3. The number of hydrogen-bond acceptors (Lipinski definition) is 2. The van der Waals surface area contributed by atoms with Crippen LogP contribution in [0.4, 0.5) is 0 Å². The molecule has 0 aliphatic rings. The van der Waals surface area contributed by atoms with Crippen molar-refractivity contribution in [2.24, 2.45) is 0 Å². The molecule has 0 radical (unpaired) electrons. The van der Waals surface area contributed by atoms with E-state index >= 15 is 0 Å². The van der Waals surface area contributed by atoms with Crippen molar-refractivity contribution in [3.63, 3.8) is 0 Å². The number of rotatable bonds is 3. The lowest BCUT2D eigenvalue weighted by atomic mass is 9.98. The van der Waals surface area contributed by atoms with Gasteiger partial charge in [0.2, 0.25) is 0 Å². The highest BCUT2D eigenvalue weighted by molar-refractivity contribution is 5.97. The van der Waals surface area contributed by atoms with E-state index in [1.807, 2.05) is 12.4 Å². The summed E-state index contributed by atoms with van der Waals surface area (Å²) in [5, 5.41) is 11.5. The zero-order valence-corrected chi connectivity index (χ0v) is 22.3. The first-order chi connectivity index (χ1) is 20.3. The molecule has 0 saturated heterocycles. The van der Waals surface area contributed by atoms with Gasteiger partial charge in [0.05, 0.1) is 11.4 Å². The molecule has 3 heterocycles. The van der Waals surface area contributed by atoms with Crippen molar-refractivity contribution < 1.29 is 0 Å². The summed E-state index contributed by atoms with van der Waals surface area (Å²) in [5.74, 6) is 0. The lowest BCUT2D eigenvalue weighted by Crippen LogP contribution is -2.10. The normalized spacial score (nSPS) is 12.7. The van der Waals surface area contributed by atoms with E-state index in [9.17, 15) is 0 Å². The quantitative estimate of drug-likeness (QED) is 0.257. The maximum atomic E-state index is 4.82. The van der Waals surface area contributed by atoms with Gasteiger partial charge in [0.25, 0.3) is 0 Å². The van der Waals surface area contributed by atoms with E-state index in [0.717, 1.165) is 44.0 Å². The Kier molecular flexibility index (Phi) is 5.46. The lowest BCUT2D eigenvalue weighted by molar-refractivity contribution is 1.26. The molecule has 192 valence electrons. The highest BCUT2D eigenvalue weighted by Crippen LogP contribution is 2.29. The van der Waals surface area contributed by atoms with E-state index in [-0.39, 0.29) is 0 Å². The van der Waals surface area contributed by atoms with Crippen LogP contribution in [0.25, 0.3) is 66.5 Å². The van der Waals surface area contributed by atoms with Crippen LogP contribution in [-0.2, 0) is 0 Å². The monoisotopic (exact) mass is 523 g/mol. The molecule has 0 fully saturated rings. The van der Waals surface area contributed by atoms with Gasteiger partial charge in [-0.3, -0.25) is 9.97 Å². The molecule has 0 saturated carbocycles. The van der Waals surface area contributed by atoms with Gasteiger partial charge in [0, 0.05) is 50.2 Å². The SMILES string of the molecule is C(/c1cc(-c2cc3ccccc3cn2)cc2ccccc12)=c1/[nH]/c(=C\c2nccc3ccccc23)c2ccccc12. The highest BCUT2D eigenvalue weighted by Gasteiger charge is 2.09. The van der Waals surface area contributed by atoms with Crippen LogP contribution < -0.4 is 10.7 Å². The average molecular weight is 524 g/mol. The van der Waals surface area contributed by atoms with Crippen molar-refractivity contribution in [2.75, 3.05) is 0 Å². The molecule has 0 unspecified atom stereocenters. The van der Waals surface area contributed by atoms with E-state index in [4.69, 9.17) is 9.97 Å². The number of aromatic nitrogens is 3. The first kappa shape index (κ1) is 23.4. The molecule has 0 aliphatic carbocycles. The number of nitrogens with one attached hydrogen (secondary N) is 1. The standard InChI is InChI=1S/C38H25N3/c1-2-12-28-24-40-35(21-26(28)10-1)30-19-27-11-4-5-13-31(27)29(20-30)22-37-33-15-7-8-16-34(33)38(41-37)23-36-32-14-6-3-9-25(32)17-18-39-36/h1-24,41H/b37-22-,38-23-. The Labute approximate surface area is 236 Å². The van der Waals surface area contributed by atoms with Crippen molar-refractivity contribution in [2.45, 2.75) is 0 Å². The van der Waals surface area contributed by atoms with Crippen LogP contribution in [-0.4, -0.2) is 15.0 Å². The van der Waals surface area contributed by atoms with Crippen molar-refractivity contribution in [3.05, 3.63) is 156 Å². The van der Waals surface area contributed by atoms with Gasteiger partial charge in [-0.1, -0.05) is 97.1 Å². The molecule has 0 bridgehead atoms. The van der Waals surface area contributed by atoms with Gasteiger partial charge >= 0.3 is 0 Å². The smallest absolute Gasteiger partial charge is 0.0728 e. The number of H-pyrrole nitrogens is 1. The Bertz CT molecular complexity index is 2380. The third-order valence-electron chi connectivity index (χ3n) is 7.88. The Morgan fingerprint density at radius 3 is 1.93 bits per heavy atom. The number of hydrogen-bond donors (Lipinski definition) is 1. The molecule has 0 amide bonds. The van der Waals surface area contributed by atoms with Crippen molar-refractivity contribution in [1.82, 2.24) is 15.0 Å². The molecule has 0 aliphatic heterocycles. The second kappa shape index (κ2) is 9.58. The molecule has 0 atom stereocenters. The summed E-state index contributed by atoms with van der Waals surface area (Å²) in [7, 11) is 0. The molecule has 3 aromatic heterocycles. The summed E-state index contributed by atoms with van der Waals surface area (Å²) in [6.45, 7) is 0. The van der Waals surface area contributed by atoms with Crippen LogP contribution >= 0.6 is 0 Å². The number of benzene rings is 5. The summed E-state index contributed by atoms with van der Waals surface area (Å²) < 4.78 is 0. The predicted molar refractivity (Wildman–Crippen MR) is 171 cm³/mol. The number of aromatic amines is 1. The zero-order valence-electron chi connectivity index (χ0n) is 22.3. The van der Waals surface area contributed by atoms with Crippen LogP contribution in [0.3, 0.4) is 0 Å². The molecule has 41 heavy (non-hydrogen) atoms. The topological polar surface area (TPSA) is 41.6 Å². The number of nitrogens with zero attached hydrogens (tertiary/aromatic N) is 2. The van der Waals surface area contributed by atoms with E-state index in [1.54, 1.807) is 0 Å². The molecule has 1 N–H and O–H groups in total. The Morgan fingerprint density at radius 2 is 1.12 bits per heavy atom. The molecule has 3 heteroatoms. The number of fused-ring (bicyclic) bond motifs is 4. The van der Waals surface area contributed by atoms with Crippen LogP contribution in [0.15, 0.2) is 134 Å². The van der Waals surface area contributed by atoms with Crippen LogP contribution in [0, 0.1) is 0 Å². The van der Waals surface area contributed by atoms with Crippen molar-refractivity contribution >= 4 is 55.2 Å². The van der Waals surface area contributed by atoms with Gasteiger partial charge in [-0.25, -0.2) is 0 Å². The van der Waals surface area contributed by atoms with Gasteiger partial charge in [0.15, 0.2) is 0 Å². The van der Waals surface area contributed by atoms with Gasteiger partial charge in [-0.05, 0) is 63.5 Å². The Morgan fingerprint density at radius 1 is 0.488 bits per heavy atom. The van der Waals surface area contributed by atoms with Crippen molar-refractivity contribution in [1.29, 1.82) is 0 Å². The van der Waals surface area contributed by atoms with Crippen molar-refractivity contribution in [3.8, 4) is 11.3 Å². The molecule has 8 rings (SSSR count). The summed E-state index contributed by atoms with van der Waals surface area (Å²) in [5.41, 5.74) is 4.17. The maximum Gasteiger partial charge on any atom is 0.0728 e. The minimum Gasteiger partial charge on any atom is -0.354 e. The molecule has 3 nitrogen and oxygen atoms in total.